The summed E-state index contributed by atoms with van der Waals surface area (Å²) < 4.78 is 5.74. The Morgan fingerprint density at radius 3 is 2.74 bits per heavy atom. The van der Waals surface area contributed by atoms with Gasteiger partial charge in [0.15, 0.2) is 0 Å². The van der Waals surface area contributed by atoms with Gasteiger partial charge < -0.3 is 10.1 Å². The fraction of sp³-hybridized carbons (Fsp3) is 0.227. The molecule has 2 aromatic heterocycles. The lowest BCUT2D eigenvalue weighted by Crippen LogP contribution is -2.25. The summed E-state index contributed by atoms with van der Waals surface area (Å²) in [5.41, 5.74) is 4.38. The van der Waals surface area contributed by atoms with E-state index < -0.39 is 0 Å². The van der Waals surface area contributed by atoms with E-state index in [-0.39, 0.29) is 5.91 Å². The van der Waals surface area contributed by atoms with E-state index in [2.05, 4.69) is 15.3 Å². The van der Waals surface area contributed by atoms with Gasteiger partial charge in [-0.25, -0.2) is 0 Å². The van der Waals surface area contributed by atoms with Crippen LogP contribution in [0.15, 0.2) is 60.9 Å². The summed E-state index contributed by atoms with van der Waals surface area (Å²) in [6.45, 7) is 2.42. The summed E-state index contributed by atoms with van der Waals surface area (Å²) in [5, 5.41) is 3.02. The number of benzene rings is 1. The third kappa shape index (κ3) is 4.31. The highest BCUT2D eigenvalue weighted by molar-refractivity contribution is 5.96. The standard InChI is InChI=1S/C22H21N3O2/c1-15-5-6-16(22(26)25-17-7-8-17)12-20(15)21-10-9-19(13-24-21)27-14-18-4-2-3-11-23-18/h2-6,9-13,17H,7-8,14H2,1H3,(H,25,26). The Kier molecular flexibility index (Phi) is 4.83. The van der Waals surface area contributed by atoms with E-state index in [1.807, 2.05) is 55.5 Å². The molecule has 1 amide bonds. The van der Waals surface area contributed by atoms with E-state index >= 15 is 0 Å². The van der Waals surface area contributed by atoms with Crippen molar-refractivity contribution in [2.45, 2.75) is 32.4 Å². The number of rotatable bonds is 6. The van der Waals surface area contributed by atoms with Crippen LogP contribution in [0.5, 0.6) is 5.75 Å². The van der Waals surface area contributed by atoms with Crippen LogP contribution in [-0.2, 0) is 6.61 Å². The van der Waals surface area contributed by atoms with E-state index in [0.717, 1.165) is 35.4 Å². The van der Waals surface area contributed by atoms with Crippen molar-refractivity contribution in [2.75, 3.05) is 0 Å². The quantitative estimate of drug-likeness (QED) is 0.724. The number of amides is 1. The van der Waals surface area contributed by atoms with Crippen molar-refractivity contribution in [3.05, 3.63) is 77.7 Å². The van der Waals surface area contributed by atoms with E-state index in [0.29, 0.717) is 24.0 Å². The van der Waals surface area contributed by atoms with Crippen molar-refractivity contribution >= 4 is 5.91 Å². The van der Waals surface area contributed by atoms with Gasteiger partial charge >= 0.3 is 0 Å². The number of pyridine rings is 2. The first-order chi connectivity index (χ1) is 13.2. The fourth-order valence-electron chi connectivity index (χ4n) is 2.80. The van der Waals surface area contributed by atoms with Crippen molar-refractivity contribution in [1.82, 2.24) is 15.3 Å². The molecular formula is C22H21N3O2. The highest BCUT2D eigenvalue weighted by Gasteiger charge is 2.24. The number of aromatic nitrogens is 2. The molecular weight excluding hydrogens is 338 g/mol. The molecule has 4 rings (SSSR count). The predicted octanol–water partition coefficient (Wildman–Crippen LogP) is 3.92. The Balaban J connectivity index is 1.48. The zero-order chi connectivity index (χ0) is 18.6. The van der Waals surface area contributed by atoms with Crippen LogP contribution >= 0.6 is 0 Å². The molecule has 0 unspecified atom stereocenters. The lowest BCUT2D eigenvalue weighted by molar-refractivity contribution is 0.0951. The van der Waals surface area contributed by atoms with Gasteiger partial charge in [0, 0.05) is 23.4 Å². The second kappa shape index (κ2) is 7.58. The van der Waals surface area contributed by atoms with Crippen molar-refractivity contribution < 1.29 is 9.53 Å². The van der Waals surface area contributed by atoms with Crippen LogP contribution in [0.3, 0.4) is 0 Å². The van der Waals surface area contributed by atoms with E-state index in [4.69, 9.17) is 4.74 Å². The molecule has 1 fully saturated rings. The molecule has 1 N–H and O–H groups in total. The highest BCUT2D eigenvalue weighted by atomic mass is 16.5. The average molecular weight is 359 g/mol. The largest absolute Gasteiger partial charge is 0.486 e. The van der Waals surface area contributed by atoms with Crippen LogP contribution in [0.25, 0.3) is 11.3 Å². The Morgan fingerprint density at radius 1 is 1.15 bits per heavy atom. The Labute approximate surface area is 158 Å². The second-order valence-electron chi connectivity index (χ2n) is 6.77. The zero-order valence-electron chi connectivity index (χ0n) is 15.2. The van der Waals surface area contributed by atoms with Gasteiger partial charge in [0.05, 0.1) is 17.6 Å². The zero-order valence-corrected chi connectivity index (χ0v) is 15.2. The summed E-state index contributed by atoms with van der Waals surface area (Å²) >= 11 is 0. The van der Waals surface area contributed by atoms with Crippen molar-refractivity contribution in [1.29, 1.82) is 0 Å². The molecule has 136 valence electrons. The molecule has 1 aromatic carbocycles. The van der Waals surface area contributed by atoms with Crippen molar-refractivity contribution in [3.63, 3.8) is 0 Å². The molecule has 1 saturated carbocycles. The summed E-state index contributed by atoms with van der Waals surface area (Å²) in [6, 6.07) is 15.6. The SMILES string of the molecule is Cc1ccc(C(=O)NC2CC2)cc1-c1ccc(OCc2ccccn2)cn1. The first kappa shape index (κ1) is 17.2. The van der Waals surface area contributed by atoms with Crippen LogP contribution < -0.4 is 10.1 Å². The third-order valence-corrected chi connectivity index (χ3v) is 4.54. The Hall–Kier alpha value is -3.21. The number of ether oxygens (including phenoxy) is 1. The Morgan fingerprint density at radius 2 is 2.04 bits per heavy atom. The normalized spacial score (nSPS) is 13.2. The molecule has 0 saturated heterocycles. The number of nitrogens with one attached hydrogen (secondary N) is 1. The molecule has 5 nitrogen and oxygen atoms in total. The lowest BCUT2D eigenvalue weighted by Gasteiger charge is -2.10. The number of hydrogen-bond acceptors (Lipinski definition) is 4. The van der Waals surface area contributed by atoms with E-state index in [1.54, 1.807) is 12.4 Å². The molecule has 0 spiro atoms. The third-order valence-electron chi connectivity index (χ3n) is 4.54. The van der Waals surface area contributed by atoms with E-state index in [9.17, 15) is 4.79 Å². The van der Waals surface area contributed by atoms with Gasteiger partial charge in [-0.1, -0.05) is 12.1 Å². The molecule has 0 bridgehead atoms. The van der Waals surface area contributed by atoms with Crippen molar-refractivity contribution in [3.8, 4) is 17.0 Å². The average Bonchev–Trinajstić information content (AvgIpc) is 3.52. The molecule has 1 aliphatic carbocycles. The van der Waals surface area contributed by atoms with Gasteiger partial charge in [-0.2, -0.15) is 0 Å². The number of aryl methyl sites for hydroxylation is 1. The van der Waals surface area contributed by atoms with Crippen LogP contribution in [0.2, 0.25) is 0 Å². The van der Waals surface area contributed by atoms with Crippen molar-refractivity contribution in [2.24, 2.45) is 0 Å². The predicted molar refractivity (Wildman–Crippen MR) is 103 cm³/mol. The summed E-state index contributed by atoms with van der Waals surface area (Å²) in [7, 11) is 0. The first-order valence-corrected chi connectivity index (χ1v) is 9.10. The minimum atomic E-state index is -0.0194. The van der Waals surface area contributed by atoms with Gasteiger partial charge in [0.25, 0.3) is 5.91 Å². The van der Waals surface area contributed by atoms with Crippen LogP contribution in [0.1, 0.15) is 34.5 Å². The molecule has 2 heterocycles. The number of hydrogen-bond donors (Lipinski definition) is 1. The topological polar surface area (TPSA) is 64.1 Å². The second-order valence-corrected chi connectivity index (χ2v) is 6.77. The van der Waals surface area contributed by atoms with Gasteiger partial charge in [-0.15, -0.1) is 0 Å². The fourth-order valence-corrected chi connectivity index (χ4v) is 2.80. The number of carbonyl (C=O) groups is 1. The van der Waals surface area contributed by atoms with Crippen LogP contribution in [0, 0.1) is 6.92 Å². The smallest absolute Gasteiger partial charge is 0.251 e. The molecule has 27 heavy (non-hydrogen) atoms. The number of carbonyl (C=O) groups excluding carboxylic acids is 1. The van der Waals surface area contributed by atoms with Gasteiger partial charge in [0.2, 0.25) is 0 Å². The molecule has 1 aliphatic rings. The monoisotopic (exact) mass is 359 g/mol. The maximum atomic E-state index is 12.3. The maximum Gasteiger partial charge on any atom is 0.251 e. The van der Waals surface area contributed by atoms with Crippen LogP contribution in [0.4, 0.5) is 0 Å². The maximum absolute atomic E-state index is 12.3. The van der Waals surface area contributed by atoms with Gasteiger partial charge in [-0.3, -0.25) is 14.8 Å². The summed E-state index contributed by atoms with van der Waals surface area (Å²) in [4.78, 5) is 21.1. The number of nitrogens with zero attached hydrogens (tertiary/aromatic N) is 2. The van der Waals surface area contributed by atoms with Crippen LogP contribution in [-0.4, -0.2) is 21.9 Å². The minimum absolute atomic E-state index is 0.0194. The highest BCUT2D eigenvalue weighted by Crippen LogP contribution is 2.25. The summed E-state index contributed by atoms with van der Waals surface area (Å²) in [6.07, 6.45) is 5.60. The summed E-state index contributed by atoms with van der Waals surface area (Å²) in [5.74, 6) is 0.666. The molecule has 0 atom stereocenters. The molecule has 5 heteroatoms. The first-order valence-electron chi connectivity index (χ1n) is 9.10. The lowest BCUT2D eigenvalue weighted by atomic mass is 10.0. The van der Waals surface area contributed by atoms with Gasteiger partial charge in [-0.05, 0) is 61.7 Å². The van der Waals surface area contributed by atoms with Gasteiger partial charge in [0.1, 0.15) is 12.4 Å². The molecule has 3 aromatic rings. The minimum Gasteiger partial charge on any atom is -0.486 e. The Bertz CT molecular complexity index is 936. The molecule has 0 radical (unpaired) electrons. The van der Waals surface area contributed by atoms with E-state index in [1.165, 1.54) is 0 Å². The molecule has 0 aliphatic heterocycles.